The lowest BCUT2D eigenvalue weighted by atomic mass is 9.96. The second kappa shape index (κ2) is 10.6. The summed E-state index contributed by atoms with van der Waals surface area (Å²) in [5.74, 6) is 0.957. The van der Waals surface area contributed by atoms with E-state index in [1.54, 1.807) is 12.1 Å². The summed E-state index contributed by atoms with van der Waals surface area (Å²) in [6.45, 7) is 7.72. The molecule has 0 radical (unpaired) electrons. The van der Waals surface area contributed by atoms with Gasteiger partial charge in [0.1, 0.15) is 11.6 Å². The van der Waals surface area contributed by atoms with Gasteiger partial charge in [-0.15, -0.1) is 0 Å². The Morgan fingerprint density at radius 2 is 1.71 bits per heavy atom. The Labute approximate surface area is 223 Å². The molecule has 0 aliphatic carbocycles. The van der Waals surface area contributed by atoms with Crippen LogP contribution in [-0.2, 0) is 11.3 Å². The van der Waals surface area contributed by atoms with Crippen LogP contribution in [0.25, 0.3) is 16.7 Å². The van der Waals surface area contributed by atoms with Crippen molar-refractivity contribution in [1.29, 1.82) is 0 Å². The molecule has 7 heteroatoms. The first kappa shape index (κ1) is 24.6. The van der Waals surface area contributed by atoms with Crippen molar-refractivity contribution >= 4 is 22.6 Å². The summed E-state index contributed by atoms with van der Waals surface area (Å²) in [5, 5.41) is 0. The van der Waals surface area contributed by atoms with E-state index in [-0.39, 0.29) is 17.6 Å². The summed E-state index contributed by atoms with van der Waals surface area (Å²) >= 11 is 0. The van der Waals surface area contributed by atoms with Gasteiger partial charge in [-0.25, -0.2) is 9.37 Å². The average Bonchev–Trinajstić information content (AvgIpc) is 3.31. The number of halogens is 1. The van der Waals surface area contributed by atoms with Gasteiger partial charge >= 0.3 is 0 Å². The first-order chi connectivity index (χ1) is 18.5. The molecule has 2 saturated heterocycles. The van der Waals surface area contributed by atoms with E-state index >= 15 is 0 Å². The van der Waals surface area contributed by atoms with Gasteiger partial charge in [-0.2, -0.15) is 0 Å². The van der Waals surface area contributed by atoms with E-state index in [9.17, 15) is 9.18 Å². The molecule has 6 nitrogen and oxygen atoms in total. The molecule has 1 atom stereocenters. The Morgan fingerprint density at radius 3 is 2.50 bits per heavy atom. The van der Waals surface area contributed by atoms with Gasteiger partial charge in [0.2, 0.25) is 5.91 Å². The number of likely N-dealkylation sites (tertiary alicyclic amines) is 1. The fourth-order valence-electron chi connectivity index (χ4n) is 5.93. The topological polar surface area (TPSA) is 44.6 Å². The van der Waals surface area contributed by atoms with Crippen LogP contribution in [-0.4, -0.2) is 64.5 Å². The third kappa shape index (κ3) is 5.03. The number of amides is 1. The predicted octanol–water partition coefficient (Wildman–Crippen LogP) is 5.03. The van der Waals surface area contributed by atoms with Crippen LogP contribution in [0.5, 0.6) is 0 Å². The minimum atomic E-state index is -0.253. The molecule has 1 amide bonds. The number of aryl methyl sites for hydroxylation is 1. The highest BCUT2D eigenvalue weighted by atomic mass is 19.1. The minimum absolute atomic E-state index is 0.0120. The number of benzene rings is 3. The molecule has 3 heterocycles. The van der Waals surface area contributed by atoms with Crippen LogP contribution in [0.1, 0.15) is 24.2 Å². The van der Waals surface area contributed by atoms with Crippen LogP contribution >= 0.6 is 0 Å². The van der Waals surface area contributed by atoms with Crippen molar-refractivity contribution in [3.8, 4) is 5.69 Å². The summed E-state index contributed by atoms with van der Waals surface area (Å²) in [4.78, 5) is 25.3. The van der Waals surface area contributed by atoms with Gasteiger partial charge in [-0.1, -0.05) is 24.3 Å². The van der Waals surface area contributed by atoms with Crippen molar-refractivity contribution in [2.75, 3.05) is 44.2 Å². The third-order valence-electron chi connectivity index (χ3n) is 7.89. The summed E-state index contributed by atoms with van der Waals surface area (Å²) in [6.07, 6.45) is 1.93. The zero-order valence-corrected chi connectivity index (χ0v) is 21.9. The molecule has 4 aromatic rings. The lowest BCUT2D eigenvalue weighted by molar-refractivity contribution is -0.137. The number of hydrogen-bond donors (Lipinski definition) is 0. The number of hydrogen-bond acceptors (Lipinski definition) is 4. The van der Waals surface area contributed by atoms with Crippen molar-refractivity contribution in [2.24, 2.45) is 5.92 Å². The zero-order valence-electron chi connectivity index (χ0n) is 21.9. The maximum absolute atomic E-state index is 13.6. The van der Waals surface area contributed by atoms with E-state index in [1.165, 1.54) is 23.4 Å². The minimum Gasteiger partial charge on any atom is -0.368 e. The van der Waals surface area contributed by atoms with Crippen molar-refractivity contribution in [3.05, 3.63) is 90.0 Å². The van der Waals surface area contributed by atoms with Gasteiger partial charge < -0.3 is 9.80 Å². The number of nitrogens with zero attached hydrogens (tertiary/aromatic N) is 5. The highest BCUT2D eigenvalue weighted by molar-refractivity contribution is 5.80. The average molecular weight is 512 g/mol. The second-order valence-corrected chi connectivity index (χ2v) is 10.6. The van der Waals surface area contributed by atoms with Gasteiger partial charge in [0, 0.05) is 44.1 Å². The molecule has 2 aliphatic heterocycles. The van der Waals surface area contributed by atoms with Gasteiger partial charge in [0.05, 0.1) is 23.5 Å². The number of imidazole rings is 1. The number of piperidine rings is 1. The van der Waals surface area contributed by atoms with Gasteiger partial charge in [-0.05, 0) is 80.4 Å². The van der Waals surface area contributed by atoms with E-state index in [1.807, 2.05) is 24.3 Å². The Morgan fingerprint density at radius 1 is 0.921 bits per heavy atom. The Hall–Kier alpha value is -3.71. The van der Waals surface area contributed by atoms with Crippen LogP contribution in [0.4, 0.5) is 10.1 Å². The van der Waals surface area contributed by atoms with Crippen molar-refractivity contribution in [3.63, 3.8) is 0 Å². The molecule has 2 aliphatic rings. The van der Waals surface area contributed by atoms with Crippen LogP contribution in [0.2, 0.25) is 0 Å². The van der Waals surface area contributed by atoms with Crippen LogP contribution in [0, 0.1) is 18.7 Å². The largest absolute Gasteiger partial charge is 0.368 e. The second-order valence-electron chi connectivity index (χ2n) is 10.6. The number of fused-ring (bicyclic) bond motifs is 1. The molecule has 0 bridgehead atoms. The zero-order chi connectivity index (χ0) is 26.1. The lowest BCUT2D eigenvalue weighted by Crippen LogP contribution is -2.52. The SMILES string of the molecule is Cc1cccc(N2CCN(C(=O)[C@@H]3CCCN(Cc4nc5ccccc5n4-c4ccc(F)cc4)C3)CC2)c1. The number of anilines is 1. The molecular formula is C31H34FN5O. The first-order valence-electron chi connectivity index (χ1n) is 13.6. The Bertz CT molecular complexity index is 1420. The van der Waals surface area contributed by atoms with Gasteiger partial charge in [0.15, 0.2) is 0 Å². The molecule has 0 N–H and O–H groups in total. The van der Waals surface area contributed by atoms with Gasteiger partial charge in [-0.3, -0.25) is 14.3 Å². The molecular weight excluding hydrogens is 477 g/mol. The molecule has 38 heavy (non-hydrogen) atoms. The van der Waals surface area contributed by atoms with Crippen molar-refractivity contribution in [1.82, 2.24) is 19.4 Å². The fourth-order valence-corrected chi connectivity index (χ4v) is 5.93. The van der Waals surface area contributed by atoms with E-state index in [0.29, 0.717) is 6.54 Å². The monoisotopic (exact) mass is 511 g/mol. The maximum atomic E-state index is 13.6. The summed E-state index contributed by atoms with van der Waals surface area (Å²) in [5.41, 5.74) is 5.32. The number of carbonyl (C=O) groups excluding carboxylic acids is 1. The Balaban J connectivity index is 1.14. The molecule has 1 aromatic heterocycles. The van der Waals surface area contributed by atoms with Crippen molar-refractivity contribution < 1.29 is 9.18 Å². The number of carbonyl (C=O) groups is 1. The number of rotatable bonds is 5. The first-order valence-corrected chi connectivity index (χ1v) is 13.6. The summed E-state index contributed by atoms with van der Waals surface area (Å²) in [7, 11) is 0. The number of piperazine rings is 1. The van der Waals surface area contributed by atoms with Crippen LogP contribution in [0.15, 0.2) is 72.8 Å². The predicted molar refractivity (Wildman–Crippen MR) is 149 cm³/mol. The van der Waals surface area contributed by atoms with E-state index in [4.69, 9.17) is 4.98 Å². The molecule has 0 unspecified atom stereocenters. The van der Waals surface area contributed by atoms with Crippen LogP contribution < -0.4 is 4.90 Å². The van der Waals surface area contributed by atoms with E-state index in [2.05, 4.69) is 50.5 Å². The quantitative estimate of drug-likeness (QED) is 0.377. The summed E-state index contributed by atoms with van der Waals surface area (Å²) < 4.78 is 15.8. The normalized spacial score (nSPS) is 18.7. The number of aromatic nitrogens is 2. The standard InChI is InChI=1S/C31H34FN5O/c1-23-6-4-8-27(20-23)35-16-18-36(19-17-35)31(38)24-7-5-15-34(21-24)22-30-33-28-9-2-3-10-29(28)37(30)26-13-11-25(32)12-14-26/h2-4,6,8-14,20,24H,5,7,15-19,21-22H2,1H3/t24-/m1/s1. The smallest absolute Gasteiger partial charge is 0.227 e. The molecule has 0 spiro atoms. The van der Waals surface area contributed by atoms with E-state index < -0.39 is 0 Å². The Kier molecular flexibility index (Phi) is 6.85. The molecule has 2 fully saturated rings. The highest BCUT2D eigenvalue weighted by Crippen LogP contribution is 2.26. The van der Waals surface area contributed by atoms with Crippen molar-refractivity contribution in [2.45, 2.75) is 26.3 Å². The maximum Gasteiger partial charge on any atom is 0.227 e. The summed E-state index contributed by atoms with van der Waals surface area (Å²) in [6, 6.07) is 23.2. The number of para-hydroxylation sites is 2. The molecule has 196 valence electrons. The molecule has 3 aromatic carbocycles. The lowest BCUT2D eigenvalue weighted by Gasteiger charge is -2.39. The van der Waals surface area contributed by atoms with E-state index in [0.717, 1.165) is 74.7 Å². The highest BCUT2D eigenvalue weighted by Gasteiger charge is 2.31. The molecule has 6 rings (SSSR count). The molecule has 0 saturated carbocycles. The van der Waals surface area contributed by atoms with Gasteiger partial charge in [0.25, 0.3) is 0 Å². The fraction of sp³-hybridized carbons (Fsp3) is 0.355. The third-order valence-corrected chi connectivity index (χ3v) is 7.89. The van der Waals surface area contributed by atoms with Crippen LogP contribution in [0.3, 0.4) is 0 Å².